The lowest BCUT2D eigenvalue weighted by molar-refractivity contribution is 0.508. The van der Waals surface area contributed by atoms with Crippen LogP contribution in [0.2, 0.25) is 0 Å². The molecule has 0 aromatic carbocycles. The zero-order valence-corrected chi connectivity index (χ0v) is 11.7. The molecular formula is C15H23N3. The summed E-state index contributed by atoms with van der Waals surface area (Å²) in [5.74, 6) is 1.47. The van der Waals surface area contributed by atoms with Crippen molar-refractivity contribution in [3.05, 3.63) is 23.9 Å². The molecule has 0 saturated heterocycles. The number of anilines is 1. The Morgan fingerprint density at radius 1 is 1.39 bits per heavy atom. The third-order valence-electron chi connectivity index (χ3n) is 3.01. The van der Waals surface area contributed by atoms with E-state index in [2.05, 4.69) is 36.7 Å². The van der Waals surface area contributed by atoms with Gasteiger partial charge in [0.15, 0.2) is 0 Å². The van der Waals surface area contributed by atoms with Crippen LogP contribution in [0.15, 0.2) is 18.3 Å². The predicted octanol–water partition coefficient (Wildman–Crippen LogP) is 3.61. The fraction of sp³-hybridized carbons (Fsp3) is 0.600. The molecule has 0 spiro atoms. The normalized spacial score (nSPS) is 11.9. The number of hydrogen-bond donors (Lipinski definition) is 0. The molecule has 0 N–H and O–H groups in total. The van der Waals surface area contributed by atoms with Gasteiger partial charge >= 0.3 is 0 Å². The Balaban J connectivity index is 2.87. The van der Waals surface area contributed by atoms with Gasteiger partial charge < -0.3 is 4.90 Å². The maximum Gasteiger partial charge on any atom is 0.146 e. The molecular weight excluding hydrogens is 222 g/mol. The van der Waals surface area contributed by atoms with Crippen LogP contribution in [0.1, 0.15) is 45.6 Å². The molecule has 3 heteroatoms. The highest BCUT2D eigenvalue weighted by Gasteiger charge is 2.14. The lowest BCUT2D eigenvalue weighted by atomic mass is 10.1. The van der Waals surface area contributed by atoms with Crippen LogP contribution in [-0.4, -0.2) is 18.1 Å². The average molecular weight is 245 g/mol. The summed E-state index contributed by atoms with van der Waals surface area (Å²) in [5, 5.41) is 9.16. The summed E-state index contributed by atoms with van der Waals surface area (Å²) in [6.07, 6.45) is 5.26. The maximum absolute atomic E-state index is 9.16. The first-order valence-electron chi connectivity index (χ1n) is 6.82. The lowest BCUT2D eigenvalue weighted by Gasteiger charge is -2.27. The third kappa shape index (κ3) is 4.03. The van der Waals surface area contributed by atoms with Crippen LogP contribution in [0.25, 0.3) is 0 Å². The summed E-state index contributed by atoms with van der Waals surface area (Å²) in [4.78, 5) is 6.63. The number of rotatable bonds is 7. The first kappa shape index (κ1) is 14.5. The van der Waals surface area contributed by atoms with Gasteiger partial charge in [0, 0.05) is 19.3 Å². The molecule has 0 aliphatic carbocycles. The van der Waals surface area contributed by atoms with Gasteiger partial charge in [-0.1, -0.05) is 27.2 Å². The van der Waals surface area contributed by atoms with Gasteiger partial charge in [-0.2, -0.15) is 5.26 Å². The largest absolute Gasteiger partial charge is 0.355 e. The van der Waals surface area contributed by atoms with Crippen LogP contribution < -0.4 is 4.90 Å². The van der Waals surface area contributed by atoms with Crippen molar-refractivity contribution in [3.63, 3.8) is 0 Å². The predicted molar refractivity (Wildman–Crippen MR) is 75.5 cm³/mol. The van der Waals surface area contributed by atoms with Crippen LogP contribution in [0.5, 0.6) is 0 Å². The van der Waals surface area contributed by atoms with E-state index in [1.54, 1.807) is 6.20 Å². The molecule has 0 aliphatic heterocycles. The Bertz CT molecular complexity index is 395. The fourth-order valence-electron chi connectivity index (χ4n) is 2.25. The van der Waals surface area contributed by atoms with Crippen molar-refractivity contribution in [1.29, 1.82) is 5.26 Å². The minimum absolute atomic E-state index is 0.634. The Kier molecular flexibility index (Phi) is 6.21. The summed E-state index contributed by atoms with van der Waals surface area (Å²) < 4.78 is 0. The molecule has 1 atom stereocenters. The van der Waals surface area contributed by atoms with Crippen molar-refractivity contribution in [2.75, 3.05) is 18.0 Å². The smallest absolute Gasteiger partial charge is 0.146 e. The lowest BCUT2D eigenvalue weighted by Crippen LogP contribution is -2.30. The summed E-state index contributed by atoms with van der Waals surface area (Å²) in [7, 11) is 0. The second-order valence-electron chi connectivity index (χ2n) is 4.83. The van der Waals surface area contributed by atoms with Gasteiger partial charge in [0.25, 0.3) is 0 Å². The van der Waals surface area contributed by atoms with E-state index < -0.39 is 0 Å². The van der Waals surface area contributed by atoms with E-state index in [4.69, 9.17) is 5.26 Å². The van der Waals surface area contributed by atoms with E-state index in [1.807, 2.05) is 12.1 Å². The maximum atomic E-state index is 9.16. The van der Waals surface area contributed by atoms with Crippen molar-refractivity contribution in [2.24, 2.45) is 5.92 Å². The fourth-order valence-corrected chi connectivity index (χ4v) is 2.25. The molecule has 18 heavy (non-hydrogen) atoms. The standard InChI is InChI=1S/C15H23N3/c1-4-7-13(3)12-18(10-5-2)15-14(11-16)8-6-9-17-15/h6,8-9,13H,4-5,7,10,12H2,1-3H3. The van der Waals surface area contributed by atoms with Crippen molar-refractivity contribution in [1.82, 2.24) is 4.98 Å². The molecule has 0 amide bonds. The molecule has 1 aromatic rings. The first-order valence-corrected chi connectivity index (χ1v) is 6.82. The zero-order valence-electron chi connectivity index (χ0n) is 11.7. The monoisotopic (exact) mass is 245 g/mol. The molecule has 0 aliphatic rings. The van der Waals surface area contributed by atoms with Gasteiger partial charge in [0.1, 0.15) is 11.9 Å². The van der Waals surface area contributed by atoms with Gasteiger partial charge in [-0.05, 0) is 30.9 Å². The topological polar surface area (TPSA) is 39.9 Å². The van der Waals surface area contributed by atoms with Gasteiger partial charge in [-0.15, -0.1) is 0 Å². The van der Waals surface area contributed by atoms with Crippen molar-refractivity contribution in [2.45, 2.75) is 40.0 Å². The third-order valence-corrected chi connectivity index (χ3v) is 3.01. The molecule has 0 bridgehead atoms. The Morgan fingerprint density at radius 3 is 2.78 bits per heavy atom. The Hall–Kier alpha value is -1.56. The molecule has 3 nitrogen and oxygen atoms in total. The highest BCUT2D eigenvalue weighted by Crippen LogP contribution is 2.19. The summed E-state index contributed by atoms with van der Waals surface area (Å²) >= 11 is 0. The molecule has 0 saturated carbocycles. The molecule has 1 heterocycles. The van der Waals surface area contributed by atoms with Crippen molar-refractivity contribution in [3.8, 4) is 6.07 Å². The minimum Gasteiger partial charge on any atom is -0.355 e. The SMILES string of the molecule is CCCC(C)CN(CCC)c1ncccc1C#N. The van der Waals surface area contributed by atoms with Crippen LogP contribution in [0, 0.1) is 17.2 Å². The van der Waals surface area contributed by atoms with Gasteiger partial charge in [0.2, 0.25) is 0 Å². The summed E-state index contributed by atoms with van der Waals surface area (Å²) in [6.45, 7) is 8.57. The highest BCUT2D eigenvalue weighted by molar-refractivity contribution is 5.53. The second-order valence-corrected chi connectivity index (χ2v) is 4.83. The number of pyridine rings is 1. The van der Waals surface area contributed by atoms with Gasteiger partial charge in [0.05, 0.1) is 5.56 Å². The molecule has 0 radical (unpaired) electrons. The second kappa shape index (κ2) is 7.71. The van der Waals surface area contributed by atoms with Crippen molar-refractivity contribution >= 4 is 5.82 Å². The molecule has 1 unspecified atom stereocenters. The summed E-state index contributed by atoms with van der Waals surface area (Å²) in [6, 6.07) is 5.90. The molecule has 1 aromatic heterocycles. The summed E-state index contributed by atoms with van der Waals surface area (Å²) in [5.41, 5.74) is 0.676. The van der Waals surface area contributed by atoms with E-state index in [1.165, 1.54) is 12.8 Å². The van der Waals surface area contributed by atoms with E-state index in [-0.39, 0.29) is 0 Å². The number of nitriles is 1. The molecule has 98 valence electrons. The Morgan fingerprint density at radius 2 is 2.17 bits per heavy atom. The van der Waals surface area contributed by atoms with E-state index in [0.29, 0.717) is 11.5 Å². The number of hydrogen-bond acceptors (Lipinski definition) is 3. The van der Waals surface area contributed by atoms with Crippen LogP contribution in [-0.2, 0) is 0 Å². The van der Waals surface area contributed by atoms with E-state index in [9.17, 15) is 0 Å². The van der Waals surface area contributed by atoms with Crippen LogP contribution in [0.4, 0.5) is 5.82 Å². The zero-order chi connectivity index (χ0) is 13.4. The number of nitrogens with zero attached hydrogens (tertiary/aromatic N) is 3. The van der Waals surface area contributed by atoms with Gasteiger partial charge in [-0.25, -0.2) is 4.98 Å². The van der Waals surface area contributed by atoms with Crippen molar-refractivity contribution < 1.29 is 0 Å². The number of aromatic nitrogens is 1. The quantitative estimate of drug-likeness (QED) is 0.736. The Labute approximate surface area is 110 Å². The molecule has 0 fully saturated rings. The minimum atomic E-state index is 0.634. The van der Waals surface area contributed by atoms with Crippen LogP contribution >= 0.6 is 0 Å². The first-order chi connectivity index (χ1) is 8.72. The molecule has 1 rings (SSSR count). The highest BCUT2D eigenvalue weighted by atomic mass is 15.2. The van der Waals surface area contributed by atoms with Gasteiger partial charge in [-0.3, -0.25) is 0 Å². The van der Waals surface area contributed by atoms with E-state index >= 15 is 0 Å². The van der Waals surface area contributed by atoms with Crippen LogP contribution in [0.3, 0.4) is 0 Å². The average Bonchev–Trinajstić information content (AvgIpc) is 2.38. The van der Waals surface area contributed by atoms with E-state index in [0.717, 1.165) is 25.3 Å².